The first-order valence-corrected chi connectivity index (χ1v) is 8.97. The minimum Gasteiger partial charge on any atom is -0.444 e. The topological polar surface area (TPSA) is 84.0 Å². The molecule has 0 aromatic heterocycles. The molecule has 0 rings (SSSR count). The summed E-state index contributed by atoms with van der Waals surface area (Å²) in [4.78, 5) is 16.6. The summed E-state index contributed by atoms with van der Waals surface area (Å²) >= 11 is 0. The zero-order valence-electron chi connectivity index (χ0n) is 17.4. The van der Waals surface area contributed by atoms with Gasteiger partial charge in [0.15, 0.2) is 5.96 Å². The number of rotatable bonds is 8. The highest BCUT2D eigenvalue weighted by atomic mass is 16.6. The second-order valence-electron chi connectivity index (χ2n) is 8.04. The van der Waals surface area contributed by atoms with E-state index in [-0.39, 0.29) is 17.6 Å². The van der Waals surface area contributed by atoms with Crippen LogP contribution in [0.15, 0.2) is 4.99 Å². The number of amides is 1. The Bertz CT molecular complexity index is 429. The van der Waals surface area contributed by atoms with Crippen LogP contribution in [0.25, 0.3) is 0 Å². The predicted molar refractivity (Wildman–Crippen MR) is 103 cm³/mol. The van der Waals surface area contributed by atoms with E-state index in [0.717, 1.165) is 6.54 Å². The molecule has 0 aliphatic rings. The molecule has 25 heavy (non-hydrogen) atoms. The van der Waals surface area contributed by atoms with Crippen LogP contribution in [0.3, 0.4) is 0 Å². The van der Waals surface area contributed by atoms with Crippen molar-refractivity contribution in [3.05, 3.63) is 0 Å². The zero-order chi connectivity index (χ0) is 19.7. The van der Waals surface area contributed by atoms with Crippen molar-refractivity contribution in [2.45, 2.75) is 72.6 Å². The van der Waals surface area contributed by atoms with E-state index in [1.165, 1.54) is 0 Å². The summed E-state index contributed by atoms with van der Waals surface area (Å²) in [5.74, 6) is 0.947. The third-order valence-corrected chi connectivity index (χ3v) is 3.51. The third-order valence-electron chi connectivity index (χ3n) is 3.51. The van der Waals surface area contributed by atoms with Gasteiger partial charge < -0.3 is 25.4 Å². The van der Waals surface area contributed by atoms with Gasteiger partial charge in [0.05, 0.1) is 18.2 Å². The molecule has 3 N–H and O–H groups in total. The van der Waals surface area contributed by atoms with Crippen molar-refractivity contribution in [2.75, 3.05) is 26.7 Å². The van der Waals surface area contributed by atoms with Crippen LogP contribution >= 0.6 is 0 Å². The standard InChI is InChI=1S/C18H38N4O3/c1-10-19-15(21-12-18(7,8)24-9)20-11-14(13(2)3)22-16(23)25-17(4,5)6/h13-14H,10-12H2,1-9H3,(H,22,23)(H2,19,20,21). The maximum atomic E-state index is 12.0. The average Bonchev–Trinajstić information content (AvgIpc) is 2.46. The van der Waals surface area contributed by atoms with Crippen molar-refractivity contribution < 1.29 is 14.3 Å². The summed E-state index contributed by atoms with van der Waals surface area (Å²) < 4.78 is 10.7. The van der Waals surface area contributed by atoms with Crippen molar-refractivity contribution in [1.29, 1.82) is 0 Å². The summed E-state index contributed by atoms with van der Waals surface area (Å²) in [6.45, 7) is 17.5. The first-order valence-electron chi connectivity index (χ1n) is 8.97. The molecule has 0 bridgehead atoms. The van der Waals surface area contributed by atoms with E-state index in [1.807, 2.05) is 41.5 Å². The van der Waals surface area contributed by atoms with Gasteiger partial charge in [0.1, 0.15) is 5.60 Å². The normalized spacial score (nSPS) is 14.2. The fourth-order valence-corrected chi connectivity index (χ4v) is 1.79. The Morgan fingerprint density at radius 2 is 1.72 bits per heavy atom. The Morgan fingerprint density at radius 3 is 2.16 bits per heavy atom. The van der Waals surface area contributed by atoms with Gasteiger partial charge in [0, 0.05) is 20.2 Å². The van der Waals surface area contributed by atoms with Crippen LogP contribution in [-0.4, -0.2) is 56.0 Å². The molecule has 0 aliphatic carbocycles. The number of methoxy groups -OCH3 is 1. The molecule has 0 heterocycles. The monoisotopic (exact) mass is 358 g/mol. The number of ether oxygens (including phenoxy) is 2. The number of hydrogen-bond acceptors (Lipinski definition) is 4. The lowest BCUT2D eigenvalue weighted by atomic mass is 10.0. The number of nitrogens with one attached hydrogen (secondary N) is 3. The Labute approximate surface area is 153 Å². The Morgan fingerprint density at radius 1 is 1.12 bits per heavy atom. The van der Waals surface area contributed by atoms with Crippen LogP contribution in [0.5, 0.6) is 0 Å². The molecule has 0 spiro atoms. The number of guanidine groups is 1. The van der Waals surface area contributed by atoms with E-state index < -0.39 is 11.7 Å². The summed E-state index contributed by atoms with van der Waals surface area (Å²) in [6.07, 6.45) is -0.407. The lowest BCUT2D eigenvalue weighted by molar-refractivity contribution is 0.0310. The van der Waals surface area contributed by atoms with Gasteiger partial charge in [-0.15, -0.1) is 0 Å². The molecule has 0 aromatic rings. The van der Waals surface area contributed by atoms with Crippen molar-refractivity contribution in [3.8, 4) is 0 Å². The highest BCUT2D eigenvalue weighted by Crippen LogP contribution is 2.09. The van der Waals surface area contributed by atoms with Gasteiger partial charge in [-0.05, 0) is 47.5 Å². The highest BCUT2D eigenvalue weighted by molar-refractivity contribution is 5.80. The van der Waals surface area contributed by atoms with Gasteiger partial charge in [0.2, 0.25) is 0 Å². The fraction of sp³-hybridized carbons (Fsp3) is 0.889. The van der Waals surface area contributed by atoms with Crippen LogP contribution in [0.1, 0.15) is 55.4 Å². The van der Waals surface area contributed by atoms with E-state index in [2.05, 4.69) is 34.8 Å². The van der Waals surface area contributed by atoms with E-state index >= 15 is 0 Å². The molecule has 0 radical (unpaired) electrons. The first-order chi connectivity index (χ1) is 11.4. The van der Waals surface area contributed by atoms with Gasteiger partial charge in [-0.25, -0.2) is 4.79 Å². The lowest BCUT2D eigenvalue weighted by Crippen LogP contribution is -2.50. The van der Waals surface area contributed by atoms with Gasteiger partial charge in [-0.1, -0.05) is 13.8 Å². The number of nitrogens with zero attached hydrogens (tertiary/aromatic N) is 1. The molecule has 7 nitrogen and oxygen atoms in total. The van der Waals surface area contributed by atoms with Gasteiger partial charge in [0.25, 0.3) is 0 Å². The van der Waals surface area contributed by atoms with Gasteiger partial charge >= 0.3 is 6.09 Å². The Hall–Kier alpha value is -1.50. The Kier molecular flexibility index (Phi) is 9.85. The molecule has 1 unspecified atom stereocenters. The molecule has 0 fully saturated rings. The minimum atomic E-state index is -0.513. The first kappa shape index (κ1) is 23.5. The van der Waals surface area contributed by atoms with E-state index in [9.17, 15) is 4.79 Å². The van der Waals surface area contributed by atoms with Crippen LogP contribution in [0, 0.1) is 5.92 Å². The molecule has 148 valence electrons. The number of alkyl carbamates (subject to hydrolysis) is 1. The molecule has 0 aliphatic heterocycles. The van der Waals surface area contributed by atoms with Crippen LogP contribution in [0.2, 0.25) is 0 Å². The van der Waals surface area contributed by atoms with E-state index in [0.29, 0.717) is 19.0 Å². The SMILES string of the molecule is CCNC(=NCC(C)(C)OC)NCC(NC(=O)OC(C)(C)C)C(C)C. The van der Waals surface area contributed by atoms with Crippen LogP contribution in [-0.2, 0) is 9.47 Å². The van der Waals surface area contributed by atoms with Crippen molar-refractivity contribution in [3.63, 3.8) is 0 Å². The average molecular weight is 359 g/mol. The molecule has 7 heteroatoms. The molecule has 0 saturated heterocycles. The number of aliphatic imine (C=N–C) groups is 1. The van der Waals surface area contributed by atoms with E-state index in [4.69, 9.17) is 9.47 Å². The van der Waals surface area contributed by atoms with E-state index in [1.54, 1.807) is 7.11 Å². The molecule has 1 amide bonds. The summed E-state index contributed by atoms with van der Waals surface area (Å²) in [5.41, 5.74) is -0.838. The third kappa shape index (κ3) is 11.6. The summed E-state index contributed by atoms with van der Waals surface area (Å²) in [7, 11) is 1.68. The van der Waals surface area contributed by atoms with Crippen molar-refractivity contribution >= 4 is 12.1 Å². The molecular weight excluding hydrogens is 320 g/mol. The zero-order valence-corrected chi connectivity index (χ0v) is 17.4. The molecule has 0 aromatic carbocycles. The number of hydrogen-bond donors (Lipinski definition) is 3. The Balaban J connectivity index is 4.77. The van der Waals surface area contributed by atoms with Gasteiger partial charge in [-0.2, -0.15) is 0 Å². The largest absolute Gasteiger partial charge is 0.444 e. The summed E-state index contributed by atoms with van der Waals surface area (Å²) in [5, 5.41) is 9.41. The molecular formula is C18H38N4O3. The van der Waals surface area contributed by atoms with Crippen molar-refractivity contribution in [2.24, 2.45) is 10.9 Å². The summed E-state index contributed by atoms with van der Waals surface area (Å²) in [6, 6.07) is -0.0749. The maximum Gasteiger partial charge on any atom is 0.407 e. The predicted octanol–water partition coefficient (Wildman–Crippen LogP) is 2.52. The second-order valence-corrected chi connectivity index (χ2v) is 8.04. The maximum absolute atomic E-state index is 12.0. The number of carbonyl (C=O) groups is 1. The van der Waals surface area contributed by atoms with Gasteiger partial charge in [-0.3, -0.25) is 4.99 Å². The molecule has 0 saturated carbocycles. The minimum absolute atomic E-state index is 0.0749. The number of carbonyl (C=O) groups excluding carboxylic acids is 1. The highest BCUT2D eigenvalue weighted by Gasteiger charge is 2.22. The van der Waals surface area contributed by atoms with Crippen LogP contribution < -0.4 is 16.0 Å². The lowest BCUT2D eigenvalue weighted by Gasteiger charge is -2.27. The van der Waals surface area contributed by atoms with Crippen molar-refractivity contribution in [1.82, 2.24) is 16.0 Å². The fourth-order valence-electron chi connectivity index (χ4n) is 1.79. The smallest absolute Gasteiger partial charge is 0.407 e. The second kappa shape index (κ2) is 10.5. The van der Waals surface area contributed by atoms with Crippen LogP contribution in [0.4, 0.5) is 4.79 Å². The molecule has 1 atom stereocenters. The quantitative estimate of drug-likeness (QED) is 0.459.